The van der Waals surface area contributed by atoms with Gasteiger partial charge in [-0.2, -0.15) is 0 Å². The van der Waals surface area contributed by atoms with Gasteiger partial charge in [0, 0.05) is 169 Å². The van der Waals surface area contributed by atoms with Gasteiger partial charge in [0.15, 0.2) is 0 Å². The largest absolute Gasteiger partial charge is 0.308 e. The lowest BCUT2D eigenvalue weighted by Crippen LogP contribution is -2.20. The van der Waals surface area contributed by atoms with Crippen LogP contribution >= 0.6 is 0 Å². The highest BCUT2D eigenvalue weighted by Gasteiger charge is 2.09. The van der Waals surface area contributed by atoms with Crippen molar-refractivity contribution >= 4 is 130 Å². The highest BCUT2D eigenvalue weighted by atomic mass is 16.2. The van der Waals surface area contributed by atoms with Crippen LogP contribution in [0.25, 0.3) is 130 Å². The molecule has 624 valence electrons. The van der Waals surface area contributed by atoms with Crippen molar-refractivity contribution in [1.29, 1.82) is 0 Å². The molecule has 0 spiro atoms. The molecule has 0 fully saturated rings. The fourth-order valence-electron chi connectivity index (χ4n) is 14.4. The lowest BCUT2D eigenvalue weighted by atomic mass is 10.2. The van der Waals surface area contributed by atoms with Crippen molar-refractivity contribution in [2.45, 2.75) is 158 Å². The average Bonchev–Trinajstić information content (AvgIpc) is 0.817. The lowest BCUT2D eigenvalue weighted by molar-refractivity contribution is 0.634. The minimum atomic E-state index is -0.170. The molecule has 0 amide bonds. The van der Waals surface area contributed by atoms with Gasteiger partial charge in [-0.05, 0) is 318 Å². The molecule has 17 aromatic heterocycles. The predicted octanol–water partition coefficient (Wildman–Crippen LogP) is 24.7. The minimum absolute atomic E-state index is 0.161. The van der Waals surface area contributed by atoms with Crippen LogP contribution in [0.1, 0.15) is 119 Å². The van der Waals surface area contributed by atoms with Crippen LogP contribution in [0, 0.1) is 72.8 Å². The third-order valence-corrected chi connectivity index (χ3v) is 21.9. The molecule has 0 saturated carbocycles. The molecule has 0 radical (unpaired) electrons. The first kappa shape index (κ1) is 88.6. The van der Waals surface area contributed by atoms with Crippen LogP contribution in [0.15, 0.2) is 320 Å². The molecule has 0 unspecified atom stereocenters. The molecule has 17 heterocycles. The highest BCUT2D eigenvalue weighted by molar-refractivity contribution is 5.79. The minimum Gasteiger partial charge on any atom is -0.308 e. The van der Waals surface area contributed by atoms with E-state index in [0.29, 0.717) is 71.6 Å². The van der Waals surface area contributed by atoms with E-state index in [4.69, 9.17) is 0 Å². The summed E-state index contributed by atoms with van der Waals surface area (Å²) in [6, 6.07) is 130. The second kappa shape index (κ2) is 44.6. The van der Waals surface area contributed by atoms with E-state index in [1.54, 1.807) is 100 Å². The summed E-state index contributed by atoms with van der Waals surface area (Å²) in [6.45, 7) is 15.6. The van der Waals surface area contributed by atoms with Crippen molar-refractivity contribution in [3.05, 3.63) is 426 Å². The fraction of sp³-hybridized carbons (Fsp3) is 0.211. The molecule has 126 heavy (non-hydrogen) atoms. The Kier molecular flexibility index (Phi) is 31.3. The summed E-state index contributed by atoms with van der Waals surface area (Å²) in [5, 5.41) is 12.4. The first-order chi connectivity index (χ1) is 61.7. The summed E-state index contributed by atoms with van der Waals surface area (Å²) in [5.74, 6) is 0. The normalized spacial score (nSPS) is 10.5. The number of hydrogen-bond donors (Lipinski definition) is 0. The van der Waals surface area contributed by atoms with E-state index in [1.165, 1.54) is 0 Å². The van der Waals surface area contributed by atoms with Crippen LogP contribution in [-0.4, -0.2) is 27.4 Å². The molecule has 12 nitrogen and oxygen atoms in total. The highest BCUT2D eigenvalue weighted by Crippen LogP contribution is 2.17. The predicted molar refractivity (Wildman–Crippen MR) is 523 cm³/mol. The molecule has 22 bridgehead atoms. The van der Waals surface area contributed by atoms with E-state index in [1.807, 2.05) is 218 Å². The zero-order chi connectivity index (χ0) is 87.9. The van der Waals surface area contributed by atoms with Crippen LogP contribution < -0.4 is 33.4 Å². The summed E-state index contributed by atoms with van der Waals surface area (Å²) in [7, 11) is 0. The fourth-order valence-corrected chi connectivity index (χ4v) is 14.4. The monoisotopic (exact) mass is 1650 g/mol. The van der Waals surface area contributed by atoms with E-state index in [-0.39, 0.29) is 33.4 Å². The number of nitrogens with zero attached hydrogens (tertiary/aromatic N) is 6. The second-order valence-electron chi connectivity index (χ2n) is 31.1. The molecule has 0 aliphatic heterocycles. The molecule has 0 N–H and O–H groups in total. The van der Waals surface area contributed by atoms with Crippen molar-refractivity contribution in [3.63, 3.8) is 0 Å². The van der Waals surface area contributed by atoms with Gasteiger partial charge in [0.25, 0.3) is 33.4 Å². The van der Waals surface area contributed by atoms with Gasteiger partial charge in [0.2, 0.25) is 0 Å². The molecule has 0 aliphatic carbocycles. The molecule has 29 aromatic rings. The van der Waals surface area contributed by atoms with Crippen LogP contribution in [0.4, 0.5) is 0 Å². The Balaban J connectivity index is 0.864. The molecule has 29 rings (SSSR count). The first-order valence-corrected chi connectivity index (χ1v) is 43.9. The Bertz CT molecular complexity index is 6790. The maximum Gasteiger partial charge on any atom is 0.258 e. The van der Waals surface area contributed by atoms with E-state index in [2.05, 4.69) is 114 Å². The van der Waals surface area contributed by atoms with Gasteiger partial charge >= 0.3 is 0 Å². The molecule has 0 aliphatic rings. The van der Waals surface area contributed by atoms with Gasteiger partial charge in [-0.1, -0.05) is 165 Å². The summed E-state index contributed by atoms with van der Waals surface area (Å²) >= 11 is 0. The third-order valence-electron chi connectivity index (χ3n) is 21.9. The van der Waals surface area contributed by atoms with Crippen LogP contribution in [0.3, 0.4) is 0 Å². The lowest BCUT2D eigenvalue weighted by Gasteiger charge is -2.07. The van der Waals surface area contributed by atoms with Crippen LogP contribution in [0.5, 0.6) is 0 Å². The Morgan fingerprint density at radius 1 is 0.167 bits per heavy atom. The van der Waals surface area contributed by atoms with Gasteiger partial charge in [-0.15, -0.1) is 0 Å². The Labute approximate surface area is 736 Å². The number of benzene rings is 12. The van der Waals surface area contributed by atoms with E-state index >= 15 is 0 Å². The van der Waals surface area contributed by atoms with E-state index in [0.717, 1.165) is 175 Å². The summed E-state index contributed by atoms with van der Waals surface area (Å²) in [6.07, 6.45) is 10.1. The van der Waals surface area contributed by atoms with Crippen molar-refractivity contribution in [2.24, 2.45) is 0 Å². The number of aromatic nitrogens is 6. The average molecular weight is 1650 g/mol. The first-order valence-electron chi connectivity index (χ1n) is 43.9. The zero-order valence-electron chi connectivity index (χ0n) is 72.6. The second-order valence-corrected chi connectivity index (χ2v) is 31.1. The molecule has 12 heteroatoms. The number of aryl methyl sites for hydroxylation is 6. The Morgan fingerprint density at radius 2 is 0.294 bits per heavy atom. The molecular weight excluding hydrogens is 1550 g/mol. The van der Waals surface area contributed by atoms with Gasteiger partial charge < -0.3 is 27.4 Å². The molecule has 0 atom stereocenters. The van der Waals surface area contributed by atoms with Crippen molar-refractivity contribution in [2.75, 3.05) is 0 Å². The molecule has 12 aromatic carbocycles. The number of fused-ring (bicyclic) bond motifs is 1. The third kappa shape index (κ3) is 23.5. The zero-order valence-corrected chi connectivity index (χ0v) is 72.6. The topological polar surface area (TPSA) is 132 Å². The standard InChI is InChI=1S/C114H102N6O6/c1-7-13-79-115-103-67-41-89(42-68-103)35-31-85-23-27-87(28-24-85)33-37-91-45-71-105(72-46-91)117(81-15-9-3)111(123)99-59-63-101(64-60-99)113(125)119(83-17-11-5)107-75-49-93(50-76-107)39-53-95-21-19-20-22-96(95)54-40-94-51-77-108(78-52-94)120(84-18-12-6)114(126)102-65-61-100(62-66-102)112(124)118(82-16-10-4)106-73-47-92(48-74-106)38-34-88-29-25-86(26-30-88)32-36-90-43-69-104(70-44-90)116(80-14-8-2)110(122)98-57-55-97(56-58-98)109(115)121/h19-30,41-52,55-78H,7-18,79-84H2,1-6H3. The maximum atomic E-state index is 14.5. The number of unbranched alkanes of at least 4 members (excludes halogenated alkanes) is 6. The molecule has 0 saturated heterocycles. The summed E-state index contributed by atoms with van der Waals surface area (Å²) in [4.78, 5) is 86.6. The Hall–Kier alpha value is -15.2. The summed E-state index contributed by atoms with van der Waals surface area (Å²) in [5.41, 5.74) is 3.48. The van der Waals surface area contributed by atoms with Gasteiger partial charge in [-0.3, -0.25) is 28.8 Å². The maximum absolute atomic E-state index is 14.5. The van der Waals surface area contributed by atoms with Crippen molar-refractivity contribution in [3.8, 4) is 0 Å². The van der Waals surface area contributed by atoms with Crippen LogP contribution in [-0.2, 0) is 39.3 Å². The van der Waals surface area contributed by atoms with Gasteiger partial charge in [-0.25, -0.2) is 0 Å². The SMILES string of the molecule is CCCCn1c(=O)c2ccc(cc2)c(=O)n(CCCC)c2ccc(c#cc3ccc(c#cc4ccc(cc4)n(CCCC)c(=O)c4ccc(cc4)c(=O)n(CCCC)c4ccc(c#cc5ccccc5c#cc5ccc(cc5)n(CCCC)c(=O)c5ccc(cc5)c(=O)n(CCCC)c5ccc(c#cc6ccc(c#cc7ccc1cc7)cc6)cc5)cc4)cc3)cc2. The quantitative estimate of drug-likeness (QED) is 0.0840. The van der Waals surface area contributed by atoms with Crippen molar-refractivity contribution < 1.29 is 0 Å². The summed E-state index contributed by atoms with van der Waals surface area (Å²) < 4.78 is 10.7. The van der Waals surface area contributed by atoms with Crippen LogP contribution in [0.2, 0.25) is 0 Å². The van der Waals surface area contributed by atoms with Crippen molar-refractivity contribution in [1.82, 2.24) is 27.4 Å². The number of rotatable bonds is 18. The molecular formula is C114H102N6O6. The number of hydrogen-bond acceptors (Lipinski definition) is 6. The smallest absolute Gasteiger partial charge is 0.258 e. The van der Waals surface area contributed by atoms with Gasteiger partial charge in [0.05, 0.1) is 0 Å². The van der Waals surface area contributed by atoms with Gasteiger partial charge in [0.1, 0.15) is 0 Å². The Morgan fingerprint density at radius 3 is 0.429 bits per heavy atom. The van der Waals surface area contributed by atoms with E-state index in [9.17, 15) is 28.8 Å². The van der Waals surface area contributed by atoms with E-state index < -0.39 is 0 Å².